The molecule has 0 aliphatic heterocycles. The molecule has 0 aromatic heterocycles. The van der Waals surface area contributed by atoms with Crippen LogP contribution >= 0.6 is 11.6 Å². The van der Waals surface area contributed by atoms with E-state index in [0.717, 1.165) is 11.3 Å². The minimum absolute atomic E-state index is 0.287. The van der Waals surface area contributed by atoms with Gasteiger partial charge in [0.25, 0.3) is 0 Å². The first-order valence-corrected chi connectivity index (χ1v) is 10.3. The van der Waals surface area contributed by atoms with Gasteiger partial charge in [-0.05, 0) is 69.2 Å². The van der Waals surface area contributed by atoms with Gasteiger partial charge in [0.05, 0.1) is 5.69 Å². The minimum Gasteiger partial charge on any atom is -0.444 e. The third kappa shape index (κ3) is 9.22. The fourth-order valence-electron chi connectivity index (χ4n) is 2.48. The Labute approximate surface area is 192 Å². The van der Waals surface area contributed by atoms with Gasteiger partial charge in [0.2, 0.25) is 5.91 Å². The van der Waals surface area contributed by atoms with Crippen LogP contribution in [-0.4, -0.2) is 17.6 Å². The number of hydrogen-bond donors (Lipinski definition) is 3. The molecule has 3 N–H and O–H groups in total. The Morgan fingerprint density at radius 2 is 1.81 bits per heavy atom. The predicted molar refractivity (Wildman–Crippen MR) is 125 cm³/mol. The highest BCUT2D eigenvalue weighted by atomic mass is 35.5. The van der Waals surface area contributed by atoms with Crippen molar-refractivity contribution in [3.63, 3.8) is 0 Å². The van der Waals surface area contributed by atoms with E-state index in [0.29, 0.717) is 22.8 Å². The monoisotopic (exact) mass is 459 g/mol. The largest absolute Gasteiger partial charge is 0.444 e. The summed E-state index contributed by atoms with van der Waals surface area (Å²) in [7, 11) is 0. The highest BCUT2D eigenvalue weighted by molar-refractivity contribution is 6.31. The summed E-state index contributed by atoms with van der Waals surface area (Å²) >= 11 is 6.03. The van der Waals surface area contributed by atoms with E-state index in [1.54, 1.807) is 64.1 Å². The van der Waals surface area contributed by atoms with Crippen molar-refractivity contribution >= 4 is 35.4 Å². The van der Waals surface area contributed by atoms with Crippen molar-refractivity contribution < 1.29 is 18.7 Å². The summed E-state index contributed by atoms with van der Waals surface area (Å²) in [6, 6.07) is 11.1. The Morgan fingerprint density at radius 1 is 1.12 bits per heavy atom. The molecule has 0 saturated carbocycles. The van der Waals surface area contributed by atoms with Crippen LogP contribution in [0.2, 0.25) is 5.02 Å². The van der Waals surface area contributed by atoms with Crippen molar-refractivity contribution in [3.8, 4) is 0 Å². The molecule has 0 spiro atoms. The highest BCUT2D eigenvalue weighted by Crippen LogP contribution is 2.23. The minimum atomic E-state index is -0.645. The molecule has 32 heavy (non-hydrogen) atoms. The number of rotatable bonds is 7. The number of halogens is 2. The smallest absolute Gasteiger partial charge is 0.412 e. The third-order valence-electron chi connectivity index (χ3n) is 3.98. The average molecular weight is 460 g/mol. The topological polar surface area (TPSA) is 79.5 Å². The molecule has 170 valence electrons. The summed E-state index contributed by atoms with van der Waals surface area (Å²) in [4.78, 5) is 24.2. The molecular formula is C24H27ClFN3O3. The van der Waals surface area contributed by atoms with Crippen LogP contribution in [0.15, 0.2) is 60.4 Å². The fraction of sp³-hybridized carbons (Fsp3) is 0.250. The molecular weight excluding hydrogens is 433 g/mol. The van der Waals surface area contributed by atoms with Crippen LogP contribution in [0, 0.1) is 5.82 Å². The summed E-state index contributed by atoms with van der Waals surface area (Å²) in [5.74, 6) is -0.642. The van der Waals surface area contributed by atoms with Crippen LogP contribution in [0.5, 0.6) is 0 Å². The van der Waals surface area contributed by atoms with Gasteiger partial charge in [-0.3, -0.25) is 10.1 Å². The predicted octanol–water partition coefficient (Wildman–Crippen LogP) is 5.61. The van der Waals surface area contributed by atoms with Gasteiger partial charge in [-0.25, -0.2) is 9.18 Å². The van der Waals surface area contributed by atoms with E-state index in [1.807, 2.05) is 0 Å². The Hall–Kier alpha value is -3.32. The average Bonchev–Trinajstić information content (AvgIpc) is 2.69. The van der Waals surface area contributed by atoms with Crippen LogP contribution in [-0.2, 0) is 16.1 Å². The highest BCUT2D eigenvalue weighted by Gasteiger charge is 2.17. The van der Waals surface area contributed by atoms with Gasteiger partial charge in [-0.15, -0.1) is 0 Å². The molecule has 2 amide bonds. The van der Waals surface area contributed by atoms with Crippen molar-refractivity contribution in [1.29, 1.82) is 0 Å². The summed E-state index contributed by atoms with van der Waals surface area (Å²) in [6.07, 6.45) is 3.82. The maximum atomic E-state index is 12.9. The second-order valence-corrected chi connectivity index (χ2v) is 8.44. The molecule has 0 radical (unpaired) electrons. The standard InChI is InChI=1S/C24H27ClFN3O3/c1-16(27-15-17-5-10-20(26)11-6-17)14-28-22(30)12-8-18-7-9-19(25)13-21(18)29-23(31)32-24(2,3)4/h5-14,27H,15H2,1-4H3,(H,28,30)(H,29,31)/b12-8+,16-14?. The van der Waals surface area contributed by atoms with Gasteiger partial charge in [-0.2, -0.15) is 0 Å². The summed E-state index contributed by atoms with van der Waals surface area (Å²) in [5, 5.41) is 8.86. The van der Waals surface area contributed by atoms with Crippen LogP contribution in [0.1, 0.15) is 38.8 Å². The van der Waals surface area contributed by atoms with E-state index in [2.05, 4.69) is 16.0 Å². The Balaban J connectivity index is 1.95. The number of anilines is 1. The summed E-state index contributed by atoms with van der Waals surface area (Å²) < 4.78 is 18.2. The molecule has 0 fully saturated rings. The Morgan fingerprint density at radius 3 is 2.47 bits per heavy atom. The van der Waals surface area contributed by atoms with Gasteiger partial charge in [0.1, 0.15) is 11.4 Å². The van der Waals surface area contributed by atoms with Crippen LogP contribution < -0.4 is 16.0 Å². The Kier molecular flexibility index (Phi) is 8.84. The number of amides is 2. The van der Waals surface area contributed by atoms with E-state index in [-0.39, 0.29) is 11.7 Å². The fourth-order valence-corrected chi connectivity index (χ4v) is 2.66. The van der Waals surface area contributed by atoms with Gasteiger partial charge in [0.15, 0.2) is 0 Å². The van der Waals surface area contributed by atoms with Crippen molar-refractivity contribution in [2.45, 2.75) is 39.8 Å². The molecule has 0 atom stereocenters. The number of carbonyl (C=O) groups excluding carboxylic acids is 2. The number of hydrogen-bond acceptors (Lipinski definition) is 4. The van der Waals surface area contributed by atoms with E-state index in [9.17, 15) is 14.0 Å². The molecule has 2 rings (SSSR count). The summed E-state index contributed by atoms with van der Waals surface area (Å²) in [6.45, 7) is 7.59. The van der Waals surface area contributed by atoms with Gasteiger partial charge in [0, 0.05) is 29.5 Å². The first-order chi connectivity index (χ1) is 15.0. The molecule has 6 nitrogen and oxygen atoms in total. The normalized spacial score (nSPS) is 11.9. The second kappa shape index (κ2) is 11.3. The van der Waals surface area contributed by atoms with Crippen molar-refractivity contribution in [1.82, 2.24) is 10.6 Å². The van der Waals surface area contributed by atoms with E-state index in [4.69, 9.17) is 16.3 Å². The SMILES string of the molecule is CC(=CNC(=O)/C=C/c1ccc(Cl)cc1NC(=O)OC(C)(C)C)NCc1ccc(F)cc1. The molecule has 0 bridgehead atoms. The van der Waals surface area contributed by atoms with E-state index < -0.39 is 11.7 Å². The molecule has 0 heterocycles. The molecule has 2 aromatic rings. The molecule has 0 saturated heterocycles. The third-order valence-corrected chi connectivity index (χ3v) is 4.22. The lowest BCUT2D eigenvalue weighted by Crippen LogP contribution is -2.27. The van der Waals surface area contributed by atoms with Gasteiger partial charge in [-0.1, -0.05) is 29.8 Å². The molecule has 0 aliphatic rings. The number of benzene rings is 2. The molecule has 2 aromatic carbocycles. The lowest BCUT2D eigenvalue weighted by atomic mass is 10.1. The zero-order valence-corrected chi connectivity index (χ0v) is 19.2. The van der Waals surface area contributed by atoms with Crippen LogP contribution in [0.25, 0.3) is 6.08 Å². The van der Waals surface area contributed by atoms with Crippen molar-refractivity contribution in [2.75, 3.05) is 5.32 Å². The number of ether oxygens (including phenoxy) is 1. The number of carbonyl (C=O) groups is 2. The molecule has 0 unspecified atom stereocenters. The lowest BCUT2D eigenvalue weighted by molar-refractivity contribution is -0.115. The zero-order chi connectivity index (χ0) is 23.7. The van der Waals surface area contributed by atoms with E-state index >= 15 is 0 Å². The number of allylic oxidation sites excluding steroid dienone is 1. The quantitative estimate of drug-likeness (QED) is 0.470. The first kappa shape index (κ1) is 24.9. The van der Waals surface area contributed by atoms with E-state index in [1.165, 1.54) is 24.4 Å². The molecule has 0 aliphatic carbocycles. The first-order valence-electron chi connectivity index (χ1n) is 9.95. The van der Waals surface area contributed by atoms with Crippen LogP contribution in [0.3, 0.4) is 0 Å². The number of nitrogens with one attached hydrogen (secondary N) is 3. The van der Waals surface area contributed by atoms with Gasteiger partial charge >= 0.3 is 6.09 Å². The zero-order valence-electron chi connectivity index (χ0n) is 18.5. The van der Waals surface area contributed by atoms with Crippen molar-refractivity contribution in [3.05, 3.63) is 82.4 Å². The van der Waals surface area contributed by atoms with Gasteiger partial charge < -0.3 is 15.4 Å². The Bertz CT molecular complexity index is 1010. The summed E-state index contributed by atoms with van der Waals surface area (Å²) in [5.41, 5.74) is 2.01. The van der Waals surface area contributed by atoms with Crippen LogP contribution in [0.4, 0.5) is 14.9 Å². The second-order valence-electron chi connectivity index (χ2n) is 8.01. The maximum Gasteiger partial charge on any atom is 0.412 e. The van der Waals surface area contributed by atoms with Crippen molar-refractivity contribution in [2.24, 2.45) is 0 Å². The molecule has 8 heteroatoms. The lowest BCUT2D eigenvalue weighted by Gasteiger charge is -2.20. The maximum absolute atomic E-state index is 12.9.